The molecule has 0 saturated heterocycles. The third-order valence-electron chi connectivity index (χ3n) is 3.79. The molecule has 2 aromatic carbocycles. The van der Waals surface area contributed by atoms with Gasteiger partial charge in [-0.1, -0.05) is 67.9 Å². The van der Waals surface area contributed by atoms with Gasteiger partial charge in [0.05, 0.1) is 5.54 Å². The van der Waals surface area contributed by atoms with Gasteiger partial charge in [-0.25, -0.2) is 0 Å². The van der Waals surface area contributed by atoms with Crippen molar-refractivity contribution in [1.29, 1.82) is 0 Å². The Hall–Kier alpha value is -1.60. The first-order chi connectivity index (χ1) is 9.39. The Kier molecular flexibility index (Phi) is 4.29. The summed E-state index contributed by atoms with van der Waals surface area (Å²) in [6.45, 7) is 8.69. The summed E-state index contributed by atoms with van der Waals surface area (Å²) in [4.78, 5) is 0. The van der Waals surface area contributed by atoms with E-state index < -0.39 is 5.54 Å². The first kappa shape index (κ1) is 14.8. The van der Waals surface area contributed by atoms with Crippen LogP contribution in [0.25, 0.3) is 0 Å². The van der Waals surface area contributed by atoms with Gasteiger partial charge in [-0.2, -0.15) is 0 Å². The number of benzene rings is 2. The van der Waals surface area contributed by atoms with Gasteiger partial charge in [0, 0.05) is 0 Å². The Morgan fingerprint density at radius 1 is 1.00 bits per heavy atom. The summed E-state index contributed by atoms with van der Waals surface area (Å²) in [7, 11) is 0. The number of aryl methyl sites for hydroxylation is 1. The molecule has 0 fully saturated rings. The Morgan fingerprint density at radius 2 is 1.60 bits per heavy atom. The summed E-state index contributed by atoms with van der Waals surface area (Å²) in [5.41, 5.74) is 11.1. The van der Waals surface area contributed by atoms with Crippen molar-refractivity contribution in [2.45, 2.75) is 39.7 Å². The molecule has 1 unspecified atom stereocenters. The molecule has 1 nitrogen and oxygen atoms in total. The van der Waals surface area contributed by atoms with Crippen LogP contribution in [0.15, 0.2) is 48.5 Å². The van der Waals surface area contributed by atoms with Gasteiger partial charge < -0.3 is 5.73 Å². The molecule has 106 valence electrons. The maximum Gasteiger partial charge on any atom is 0.0637 e. The number of rotatable bonds is 4. The standard InChI is InChI=1S/C19H25N/c1-14(2)11-16-8-6-10-18(13-16)19(4,20)17-9-5-7-15(3)12-17/h5-10,12-14H,11,20H2,1-4H3. The third-order valence-corrected chi connectivity index (χ3v) is 3.79. The van der Waals surface area contributed by atoms with Gasteiger partial charge in [0.25, 0.3) is 0 Å². The minimum absolute atomic E-state index is 0.445. The van der Waals surface area contributed by atoms with Gasteiger partial charge in [-0.3, -0.25) is 0 Å². The van der Waals surface area contributed by atoms with Crippen LogP contribution in [-0.2, 0) is 12.0 Å². The predicted molar refractivity (Wildman–Crippen MR) is 86.8 cm³/mol. The van der Waals surface area contributed by atoms with E-state index in [2.05, 4.69) is 76.2 Å². The molecule has 0 amide bonds. The second kappa shape index (κ2) is 5.80. The summed E-state index contributed by atoms with van der Waals surface area (Å²) in [6.07, 6.45) is 1.09. The third kappa shape index (κ3) is 3.29. The first-order valence-corrected chi connectivity index (χ1v) is 7.35. The fourth-order valence-corrected chi connectivity index (χ4v) is 2.63. The SMILES string of the molecule is Cc1cccc(C(C)(N)c2cccc(CC(C)C)c2)c1. The Balaban J connectivity index is 2.38. The van der Waals surface area contributed by atoms with Crippen molar-refractivity contribution in [3.63, 3.8) is 0 Å². The smallest absolute Gasteiger partial charge is 0.0637 e. The van der Waals surface area contributed by atoms with Crippen LogP contribution in [0, 0.1) is 12.8 Å². The van der Waals surface area contributed by atoms with E-state index in [0.29, 0.717) is 5.92 Å². The van der Waals surface area contributed by atoms with Gasteiger partial charge in [0.15, 0.2) is 0 Å². The molecular formula is C19H25N. The molecule has 0 aromatic heterocycles. The monoisotopic (exact) mass is 267 g/mol. The average molecular weight is 267 g/mol. The molecule has 1 atom stereocenters. The van der Waals surface area contributed by atoms with E-state index in [4.69, 9.17) is 5.73 Å². The molecule has 0 aliphatic carbocycles. The van der Waals surface area contributed by atoms with Crippen LogP contribution >= 0.6 is 0 Å². The predicted octanol–water partition coefficient (Wildman–Crippen LogP) is 4.42. The summed E-state index contributed by atoms with van der Waals surface area (Å²) in [5.74, 6) is 0.660. The van der Waals surface area contributed by atoms with Crippen LogP contribution in [-0.4, -0.2) is 0 Å². The second-order valence-electron chi connectivity index (χ2n) is 6.37. The highest BCUT2D eigenvalue weighted by Gasteiger charge is 2.23. The van der Waals surface area contributed by atoms with Crippen molar-refractivity contribution >= 4 is 0 Å². The van der Waals surface area contributed by atoms with Crippen molar-refractivity contribution < 1.29 is 0 Å². The van der Waals surface area contributed by atoms with Crippen LogP contribution in [0.5, 0.6) is 0 Å². The van der Waals surface area contributed by atoms with E-state index >= 15 is 0 Å². The van der Waals surface area contributed by atoms with Gasteiger partial charge >= 0.3 is 0 Å². The lowest BCUT2D eigenvalue weighted by Gasteiger charge is -2.27. The van der Waals surface area contributed by atoms with Gasteiger partial charge in [0.1, 0.15) is 0 Å². The van der Waals surface area contributed by atoms with Gasteiger partial charge in [0.2, 0.25) is 0 Å². The zero-order valence-corrected chi connectivity index (χ0v) is 13.0. The van der Waals surface area contributed by atoms with Crippen LogP contribution in [0.3, 0.4) is 0 Å². The lowest BCUT2D eigenvalue weighted by molar-refractivity contribution is 0.597. The molecule has 2 aromatic rings. The molecule has 0 saturated carbocycles. The van der Waals surface area contributed by atoms with Crippen molar-refractivity contribution in [1.82, 2.24) is 0 Å². The Labute approximate surface area is 122 Å². The minimum atomic E-state index is -0.445. The van der Waals surface area contributed by atoms with Crippen LogP contribution in [0.1, 0.15) is 43.0 Å². The fourth-order valence-electron chi connectivity index (χ4n) is 2.63. The normalized spacial score (nSPS) is 14.3. The zero-order chi connectivity index (χ0) is 14.8. The zero-order valence-electron chi connectivity index (χ0n) is 13.0. The summed E-state index contributed by atoms with van der Waals surface area (Å²) >= 11 is 0. The molecule has 2 N–H and O–H groups in total. The lowest BCUT2D eigenvalue weighted by atomic mass is 9.84. The molecular weight excluding hydrogens is 242 g/mol. The van der Waals surface area contributed by atoms with E-state index in [9.17, 15) is 0 Å². The van der Waals surface area contributed by atoms with Crippen LogP contribution in [0.2, 0.25) is 0 Å². The van der Waals surface area contributed by atoms with Crippen LogP contribution < -0.4 is 5.73 Å². The van der Waals surface area contributed by atoms with E-state index in [1.54, 1.807) is 0 Å². The molecule has 20 heavy (non-hydrogen) atoms. The van der Waals surface area contributed by atoms with Crippen LogP contribution in [0.4, 0.5) is 0 Å². The largest absolute Gasteiger partial charge is 0.318 e. The lowest BCUT2D eigenvalue weighted by Crippen LogP contribution is -2.34. The van der Waals surface area contributed by atoms with Crippen molar-refractivity contribution in [3.8, 4) is 0 Å². The fraction of sp³-hybridized carbons (Fsp3) is 0.368. The van der Waals surface area contributed by atoms with Gasteiger partial charge in [-0.15, -0.1) is 0 Å². The van der Waals surface area contributed by atoms with E-state index in [-0.39, 0.29) is 0 Å². The summed E-state index contributed by atoms with van der Waals surface area (Å²) < 4.78 is 0. The molecule has 1 heteroatoms. The molecule has 0 aliphatic rings. The topological polar surface area (TPSA) is 26.0 Å². The molecule has 0 aliphatic heterocycles. The highest BCUT2D eigenvalue weighted by Crippen LogP contribution is 2.28. The van der Waals surface area contributed by atoms with E-state index in [1.807, 2.05) is 0 Å². The number of nitrogens with two attached hydrogens (primary N) is 1. The molecule has 0 heterocycles. The van der Waals surface area contributed by atoms with E-state index in [0.717, 1.165) is 6.42 Å². The molecule has 2 rings (SSSR count). The van der Waals surface area contributed by atoms with Crippen molar-refractivity contribution in [2.75, 3.05) is 0 Å². The minimum Gasteiger partial charge on any atom is -0.318 e. The Morgan fingerprint density at radius 3 is 2.20 bits per heavy atom. The summed E-state index contributed by atoms with van der Waals surface area (Å²) in [5, 5.41) is 0. The number of hydrogen-bond acceptors (Lipinski definition) is 1. The summed E-state index contributed by atoms with van der Waals surface area (Å²) in [6, 6.07) is 17.2. The van der Waals surface area contributed by atoms with Crippen molar-refractivity contribution in [2.24, 2.45) is 11.7 Å². The Bertz CT molecular complexity index is 582. The van der Waals surface area contributed by atoms with E-state index in [1.165, 1.54) is 22.3 Å². The highest BCUT2D eigenvalue weighted by molar-refractivity contribution is 5.40. The number of hydrogen-bond donors (Lipinski definition) is 1. The second-order valence-corrected chi connectivity index (χ2v) is 6.37. The quantitative estimate of drug-likeness (QED) is 0.872. The van der Waals surface area contributed by atoms with Crippen molar-refractivity contribution in [3.05, 3.63) is 70.8 Å². The molecule has 0 radical (unpaired) electrons. The van der Waals surface area contributed by atoms with Gasteiger partial charge in [-0.05, 0) is 42.9 Å². The maximum absolute atomic E-state index is 6.63. The maximum atomic E-state index is 6.63. The molecule has 0 bridgehead atoms. The molecule has 0 spiro atoms. The average Bonchev–Trinajstić information content (AvgIpc) is 2.38. The highest BCUT2D eigenvalue weighted by atomic mass is 14.7. The first-order valence-electron chi connectivity index (χ1n) is 7.35.